The van der Waals surface area contributed by atoms with Crippen LogP contribution in [0.1, 0.15) is 6.42 Å². The Morgan fingerprint density at radius 3 is 2.31 bits per heavy atom. The Labute approximate surface area is 89.0 Å². The van der Waals surface area contributed by atoms with Gasteiger partial charge in [-0.1, -0.05) is 0 Å². The Morgan fingerprint density at radius 2 is 1.88 bits per heavy atom. The average Bonchev–Trinajstić information content (AvgIpc) is 2.13. The average molecular weight is 243 g/mol. The van der Waals surface area contributed by atoms with Crippen LogP contribution in [-0.4, -0.2) is 42.4 Å². The van der Waals surface area contributed by atoms with Crippen molar-refractivity contribution < 1.29 is 27.9 Å². The minimum absolute atomic E-state index is 0.0607. The molecule has 0 saturated carbocycles. The van der Waals surface area contributed by atoms with E-state index in [-0.39, 0.29) is 13.0 Å². The van der Waals surface area contributed by atoms with Crippen molar-refractivity contribution in [1.29, 1.82) is 0 Å². The molecule has 6 nitrogen and oxygen atoms in total. The van der Waals surface area contributed by atoms with Crippen molar-refractivity contribution in [2.75, 3.05) is 13.1 Å². The van der Waals surface area contributed by atoms with Crippen LogP contribution in [-0.2, 0) is 4.79 Å². The van der Waals surface area contributed by atoms with Crippen molar-refractivity contribution in [3.63, 3.8) is 0 Å². The molecule has 0 aliphatic heterocycles. The number of rotatable bonds is 5. The zero-order valence-electron chi connectivity index (χ0n) is 8.17. The van der Waals surface area contributed by atoms with Gasteiger partial charge in [0.15, 0.2) is 0 Å². The second kappa shape index (κ2) is 6.16. The Balaban J connectivity index is 3.63. The van der Waals surface area contributed by atoms with E-state index in [1.807, 2.05) is 5.32 Å². The van der Waals surface area contributed by atoms with Gasteiger partial charge in [-0.2, -0.15) is 13.2 Å². The van der Waals surface area contributed by atoms with Crippen LogP contribution in [0.3, 0.4) is 0 Å². The maximum absolute atomic E-state index is 11.6. The van der Waals surface area contributed by atoms with Gasteiger partial charge in [-0.3, -0.25) is 4.79 Å². The lowest BCUT2D eigenvalue weighted by atomic mass is 10.2. The number of carboxylic acids is 1. The monoisotopic (exact) mass is 243 g/mol. The molecule has 0 rings (SSSR count). The van der Waals surface area contributed by atoms with Crippen molar-refractivity contribution in [1.82, 2.24) is 10.6 Å². The lowest BCUT2D eigenvalue weighted by Gasteiger charge is -2.10. The first-order valence-corrected chi connectivity index (χ1v) is 4.29. The van der Waals surface area contributed by atoms with Gasteiger partial charge < -0.3 is 21.5 Å². The molecule has 0 bridgehead atoms. The number of halogens is 3. The topological polar surface area (TPSA) is 104 Å². The largest absolute Gasteiger partial charge is 0.480 e. The zero-order valence-corrected chi connectivity index (χ0v) is 8.17. The number of carbonyl (C=O) groups is 2. The van der Waals surface area contributed by atoms with Crippen LogP contribution in [0.5, 0.6) is 0 Å². The number of aliphatic carboxylic acids is 1. The summed E-state index contributed by atoms with van der Waals surface area (Å²) in [6, 6.07) is -2.17. The molecule has 0 aromatic rings. The normalized spacial score (nSPS) is 13.0. The molecule has 0 saturated heterocycles. The number of urea groups is 1. The number of alkyl halides is 3. The molecular weight excluding hydrogens is 231 g/mol. The molecule has 94 valence electrons. The summed E-state index contributed by atoms with van der Waals surface area (Å²) in [6.07, 6.45) is -4.54. The summed E-state index contributed by atoms with van der Waals surface area (Å²) in [5.41, 5.74) is 5.09. The van der Waals surface area contributed by atoms with Crippen molar-refractivity contribution in [3.8, 4) is 0 Å². The smallest absolute Gasteiger partial charge is 0.405 e. The first-order chi connectivity index (χ1) is 7.22. The van der Waals surface area contributed by atoms with Gasteiger partial charge in [0, 0.05) is 6.54 Å². The summed E-state index contributed by atoms with van der Waals surface area (Å²) in [4.78, 5) is 21.0. The molecule has 16 heavy (non-hydrogen) atoms. The summed E-state index contributed by atoms with van der Waals surface area (Å²) >= 11 is 0. The number of carboxylic acid groups (broad SMARTS) is 1. The van der Waals surface area contributed by atoms with Gasteiger partial charge >= 0.3 is 18.2 Å². The standard InChI is InChI=1S/C7H12F3N3O3/c8-7(9,10)3-13-6(16)12-2-1-4(11)5(14)15/h4H,1-3,11H2,(H,14,15)(H2,12,13,16)/t4-/m0/s1. The molecular formula is C7H12F3N3O3. The maximum Gasteiger partial charge on any atom is 0.405 e. The summed E-state index contributed by atoms with van der Waals surface area (Å²) < 4.78 is 34.9. The van der Waals surface area contributed by atoms with E-state index in [4.69, 9.17) is 10.8 Å². The fraction of sp³-hybridized carbons (Fsp3) is 0.714. The van der Waals surface area contributed by atoms with E-state index >= 15 is 0 Å². The van der Waals surface area contributed by atoms with E-state index in [1.54, 1.807) is 5.32 Å². The first-order valence-electron chi connectivity index (χ1n) is 4.29. The summed E-state index contributed by atoms with van der Waals surface area (Å²) in [5.74, 6) is -1.24. The first kappa shape index (κ1) is 14.5. The summed E-state index contributed by atoms with van der Waals surface area (Å²) in [7, 11) is 0. The number of hydrogen-bond donors (Lipinski definition) is 4. The summed E-state index contributed by atoms with van der Waals surface area (Å²) in [6.45, 7) is -1.55. The maximum atomic E-state index is 11.6. The van der Waals surface area contributed by atoms with Gasteiger partial charge in [-0.25, -0.2) is 4.79 Å². The molecule has 5 N–H and O–H groups in total. The number of amides is 2. The van der Waals surface area contributed by atoms with Crippen molar-refractivity contribution in [2.45, 2.75) is 18.6 Å². The molecule has 0 aliphatic rings. The van der Waals surface area contributed by atoms with Crippen LogP contribution in [0.15, 0.2) is 0 Å². The number of hydrogen-bond acceptors (Lipinski definition) is 3. The molecule has 0 heterocycles. The highest BCUT2D eigenvalue weighted by atomic mass is 19.4. The third-order valence-corrected chi connectivity index (χ3v) is 1.51. The predicted octanol–water partition coefficient (Wildman–Crippen LogP) is -0.350. The quantitative estimate of drug-likeness (QED) is 0.529. The van der Waals surface area contributed by atoms with Crippen LogP contribution in [0, 0.1) is 0 Å². The Hall–Kier alpha value is -1.51. The molecule has 0 fully saturated rings. The van der Waals surface area contributed by atoms with Gasteiger partial charge in [0.1, 0.15) is 12.6 Å². The summed E-state index contributed by atoms with van der Waals surface area (Å²) in [5, 5.41) is 12.0. The van der Waals surface area contributed by atoms with Crippen LogP contribution in [0.25, 0.3) is 0 Å². The molecule has 0 radical (unpaired) electrons. The van der Waals surface area contributed by atoms with E-state index in [0.29, 0.717) is 0 Å². The molecule has 0 aliphatic carbocycles. The van der Waals surface area contributed by atoms with Gasteiger partial charge in [-0.05, 0) is 6.42 Å². The minimum Gasteiger partial charge on any atom is -0.480 e. The Morgan fingerprint density at radius 1 is 1.31 bits per heavy atom. The number of nitrogens with one attached hydrogen (secondary N) is 2. The predicted molar refractivity (Wildman–Crippen MR) is 47.7 cm³/mol. The SMILES string of the molecule is N[C@@H](CCNC(=O)NCC(F)(F)F)C(=O)O. The van der Waals surface area contributed by atoms with E-state index in [1.165, 1.54) is 0 Å². The van der Waals surface area contributed by atoms with Gasteiger partial charge in [0.2, 0.25) is 0 Å². The van der Waals surface area contributed by atoms with Crippen molar-refractivity contribution >= 4 is 12.0 Å². The van der Waals surface area contributed by atoms with E-state index in [2.05, 4.69) is 0 Å². The van der Waals surface area contributed by atoms with Gasteiger partial charge in [0.25, 0.3) is 0 Å². The highest BCUT2D eigenvalue weighted by Gasteiger charge is 2.27. The highest BCUT2D eigenvalue weighted by molar-refractivity contribution is 5.74. The third-order valence-electron chi connectivity index (χ3n) is 1.51. The molecule has 1 atom stereocenters. The highest BCUT2D eigenvalue weighted by Crippen LogP contribution is 2.11. The van der Waals surface area contributed by atoms with Crippen LogP contribution < -0.4 is 16.4 Å². The van der Waals surface area contributed by atoms with Gasteiger partial charge in [-0.15, -0.1) is 0 Å². The second-order valence-electron chi connectivity index (χ2n) is 2.96. The lowest BCUT2D eigenvalue weighted by Crippen LogP contribution is -2.42. The molecule has 0 aromatic heterocycles. The number of carbonyl (C=O) groups excluding carboxylic acids is 1. The molecule has 9 heteroatoms. The fourth-order valence-corrected chi connectivity index (χ4v) is 0.708. The Kier molecular flexibility index (Phi) is 5.57. The molecule has 0 spiro atoms. The fourth-order valence-electron chi connectivity index (χ4n) is 0.708. The number of nitrogens with two attached hydrogens (primary N) is 1. The lowest BCUT2D eigenvalue weighted by molar-refractivity contribution is -0.138. The van der Waals surface area contributed by atoms with Crippen molar-refractivity contribution in [3.05, 3.63) is 0 Å². The van der Waals surface area contributed by atoms with Gasteiger partial charge in [0.05, 0.1) is 0 Å². The molecule has 2 amide bonds. The second-order valence-corrected chi connectivity index (χ2v) is 2.96. The van der Waals surface area contributed by atoms with Crippen LogP contribution in [0.4, 0.5) is 18.0 Å². The zero-order chi connectivity index (χ0) is 12.8. The van der Waals surface area contributed by atoms with Crippen LogP contribution >= 0.6 is 0 Å². The van der Waals surface area contributed by atoms with E-state index < -0.39 is 30.8 Å². The van der Waals surface area contributed by atoms with Crippen LogP contribution in [0.2, 0.25) is 0 Å². The van der Waals surface area contributed by atoms with E-state index in [0.717, 1.165) is 0 Å². The molecule has 0 unspecified atom stereocenters. The molecule has 0 aromatic carbocycles. The Bertz CT molecular complexity index is 257. The minimum atomic E-state index is -4.48. The third kappa shape index (κ3) is 7.85. The van der Waals surface area contributed by atoms with Crippen molar-refractivity contribution in [2.24, 2.45) is 5.73 Å². The van der Waals surface area contributed by atoms with E-state index in [9.17, 15) is 22.8 Å².